The topological polar surface area (TPSA) is 95.9 Å². The highest BCUT2D eigenvalue weighted by Crippen LogP contribution is 2.46. The summed E-state index contributed by atoms with van der Waals surface area (Å²) in [6, 6.07) is 8.89. The highest BCUT2D eigenvalue weighted by molar-refractivity contribution is 8.02. The molecule has 0 aromatic heterocycles. The van der Waals surface area contributed by atoms with Crippen LogP contribution in [0, 0.1) is 0 Å². The number of para-hydroxylation sites is 1. The number of thioether (sulfide) groups is 1. The smallest absolute Gasteiger partial charge is 0.323 e. The van der Waals surface area contributed by atoms with Crippen molar-refractivity contribution < 1.29 is 24.2 Å². The maximum absolute atomic E-state index is 11.9. The maximum Gasteiger partial charge on any atom is 0.323 e. The Morgan fingerprint density at radius 3 is 2.74 bits per heavy atom. The van der Waals surface area contributed by atoms with Gasteiger partial charge in [0.15, 0.2) is 6.61 Å². The fourth-order valence-electron chi connectivity index (χ4n) is 2.54. The van der Waals surface area contributed by atoms with Gasteiger partial charge in [0.1, 0.15) is 10.5 Å². The van der Waals surface area contributed by atoms with E-state index < -0.39 is 16.6 Å². The number of hydrogen-bond donors (Lipinski definition) is 2. The van der Waals surface area contributed by atoms with Gasteiger partial charge < -0.3 is 20.1 Å². The maximum atomic E-state index is 11.9. The summed E-state index contributed by atoms with van der Waals surface area (Å²) in [7, 11) is 0. The summed E-state index contributed by atoms with van der Waals surface area (Å²) in [5, 5.41) is 12.0. The third-order valence-corrected chi connectivity index (χ3v) is 5.47. The first kappa shape index (κ1) is 15.7. The van der Waals surface area contributed by atoms with Gasteiger partial charge in [0, 0.05) is 13.1 Å². The van der Waals surface area contributed by atoms with Crippen LogP contribution in [0.1, 0.15) is 6.42 Å². The Morgan fingerprint density at radius 2 is 2.13 bits per heavy atom. The van der Waals surface area contributed by atoms with Gasteiger partial charge >= 0.3 is 5.97 Å². The molecule has 0 bridgehead atoms. The van der Waals surface area contributed by atoms with Gasteiger partial charge in [-0.05, 0) is 12.1 Å². The van der Waals surface area contributed by atoms with Crippen LogP contribution in [0.5, 0.6) is 5.75 Å². The second kappa shape index (κ2) is 6.11. The van der Waals surface area contributed by atoms with Crippen molar-refractivity contribution in [2.75, 3.05) is 19.7 Å². The van der Waals surface area contributed by atoms with E-state index >= 15 is 0 Å². The number of nitrogens with one attached hydrogen (secondary N) is 1. The first-order chi connectivity index (χ1) is 11.0. The molecule has 2 aliphatic heterocycles. The zero-order valence-electron chi connectivity index (χ0n) is 12.2. The van der Waals surface area contributed by atoms with Gasteiger partial charge in [0.2, 0.25) is 5.91 Å². The average molecular weight is 336 g/mol. The highest BCUT2D eigenvalue weighted by atomic mass is 32.2. The molecule has 0 radical (unpaired) electrons. The van der Waals surface area contributed by atoms with Crippen molar-refractivity contribution in [1.29, 1.82) is 0 Å². The number of carbonyl (C=O) groups excluding carboxylic acids is 2. The normalized spacial score (nSPS) is 25.5. The van der Waals surface area contributed by atoms with E-state index in [1.54, 1.807) is 29.2 Å². The van der Waals surface area contributed by atoms with E-state index in [1.165, 1.54) is 11.8 Å². The summed E-state index contributed by atoms with van der Waals surface area (Å²) in [6.45, 7) is -0.100. The summed E-state index contributed by atoms with van der Waals surface area (Å²) < 4.78 is 4.14. The van der Waals surface area contributed by atoms with E-state index in [4.69, 9.17) is 4.74 Å². The van der Waals surface area contributed by atoms with E-state index in [0.29, 0.717) is 12.2 Å². The predicted molar refractivity (Wildman–Crippen MR) is 83.0 cm³/mol. The molecule has 2 heterocycles. The molecular weight excluding hydrogens is 320 g/mol. The number of carboxylic acid groups (broad SMARTS) is 1. The minimum absolute atomic E-state index is 0.0374. The summed E-state index contributed by atoms with van der Waals surface area (Å²) in [5.74, 6) is -0.880. The van der Waals surface area contributed by atoms with Crippen molar-refractivity contribution in [1.82, 2.24) is 10.2 Å². The summed E-state index contributed by atoms with van der Waals surface area (Å²) in [5.41, 5.74) is 0. The molecular formula is C15H16N2O5S. The van der Waals surface area contributed by atoms with E-state index in [9.17, 15) is 19.5 Å². The molecule has 0 aliphatic carbocycles. The lowest BCUT2D eigenvalue weighted by Crippen LogP contribution is -2.52. The molecule has 2 aliphatic rings. The molecule has 2 N–H and O–H groups in total. The Morgan fingerprint density at radius 1 is 1.39 bits per heavy atom. The first-order valence-electron chi connectivity index (χ1n) is 7.15. The minimum atomic E-state index is -1.18. The Bertz CT molecular complexity index is 638. The van der Waals surface area contributed by atoms with Crippen LogP contribution < -0.4 is 10.1 Å². The fourth-order valence-corrected chi connectivity index (χ4v) is 4.08. The molecule has 1 aromatic rings. The zero-order chi connectivity index (χ0) is 16.4. The summed E-state index contributed by atoms with van der Waals surface area (Å²) >= 11 is 1.23. The van der Waals surface area contributed by atoms with Crippen molar-refractivity contribution in [3.63, 3.8) is 0 Å². The Balaban J connectivity index is 1.52. The van der Waals surface area contributed by atoms with Crippen LogP contribution >= 0.6 is 11.8 Å². The van der Waals surface area contributed by atoms with Crippen LogP contribution in [0.15, 0.2) is 30.3 Å². The largest absolute Gasteiger partial charge is 0.484 e. The van der Waals surface area contributed by atoms with Gasteiger partial charge in [-0.15, -0.1) is 11.8 Å². The lowest BCUT2D eigenvalue weighted by atomic mass is 10.1. The zero-order valence-corrected chi connectivity index (χ0v) is 13.0. The van der Waals surface area contributed by atoms with Gasteiger partial charge in [0.05, 0.1) is 11.8 Å². The number of amides is 2. The van der Waals surface area contributed by atoms with Gasteiger partial charge in [0.25, 0.3) is 5.91 Å². The van der Waals surface area contributed by atoms with Gasteiger partial charge in [-0.1, -0.05) is 18.2 Å². The number of fused-ring (bicyclic) bond motifs is 1. The predicted octanol–water partition coefficient (Wildman–Crippen LogP) is 0.310. The molecule has 2 amide bonds. The third kappa shape index (κ3) is 3.12. The molecule has 1 aromatic carbocycles. The number of carbonyl (C=O) groups is 3. The van der Waals surface area contributed by atoms with Crippen LogP contribution in [-0.4, -0.2) is 57.6 Å². The minimum Gasteiger partial charge on any atom is -0.484 e. The van der Waals surface area contributed by atoms with Crippen LogP contribution in [0.2, 0.25) is 0 Å². The Hall–Kier alpha value is -2.22. The van der Waals surface area contributed by atoms with Crippen molar-refractivity contribution in [3.8, 4) is 5.75 Å². The Kier molecular flexibility index (Phi) is 4.16. The number of aliphatic carboxylic acids is 1. The van der Waals surface area contributed by atoms with Gasteiger partial charge in [-0.2, -0.15) is 0 Å². The van der Waals surface area contributed by atoms with Gasteiger partial charge in [-0.25, -0.2) is 0 Å². The lowest BCUT2D eigenvalue weighted by molar-refractivity contribution is -0.144. The van der Waals surface area contributed by atoms with E-state index in [0.717, 1.165) is 0 Å². The SMILES string of the molecule is O=C(COc1ccccc1)NCC1(C(=O)O)CN2C(=O)C[C@H]2S1. The van der Waals surface area contributed by atoms with Crippen LogP contribution in [-0.2, 0) is 14.4 Å². The summed E-state index contributed by atoms with van der Waals surface area (Å²) in [4.78, 5) is 36.4. The number of hydrogen-bond acceptors (Lipinski definition) is 5. The Labute approximate surface area is 137 Å². The van der Waals surface area contributed by atoms with Crippen molar-refractivity contribution in [3.05, 3.63) is 30.3 Å². The monoisotopic (exact) mass is 336 g/mol. The van der Waals surface area contributed by atoms with E-state index in [-0.39, 0.29) is 31.0 Å². The summed E-state index contributed by atoms with van der Waals surface area (Å²) in [6.07, 6.45) is 0.366. The van der Waals surface area contributed by atoms with E-state index in [1.807, 2.05) is 6.07 Å². The van der Waals surface area contributed by atoms with Crippen molar-refractivity contribution in [2.24, 2.45) is 0 Å². The number of ether oxygens (including phenoxy) is 1. The number of benzene rings is 1. The average Bonchev–Trinajstić information content (AvgIpc) is 2.86. The number of nitrogens with zero attached hydrogens (tertiary/aromatic N) is 1. The second-order valence-electron chi connectivity index (χ2n) is 5.48. The fraction of sp³-hybridized carbons (Fsp3) is 0.400. The van der Waals surface area contributed by atoms with E-state index in [2.05, 4.69) is 5.32 Å². The van der Waals surface area contributed by atoms with Crippen molar-refractivity contribution >= 4 is 29.5 Å². The molecule has 23 heavy (non-hydrogen) atoms. The molecule has 0 saturated carbocycles. The third-order valence-electron chi connectivity index (χ3n) is 3.88. The molecule has 0 spiro atoms. The van der Waals surface area contributed by atoms with Crippen LogP contribution in [0.4, 0.5) is 0 Å². The molecule has 2 atom stereocenters. The second-order valence-corrected chi connectivity index (χ2v) is 7.04. The van der Waals surface area contributed by atoms with Gasteiger partial charge in [-0.3, -0.25) is 14.4 Å². The standard InChI is InChI=1S/C15H16N2O5S/c18-11(7-22-10-4-2-1-3-5-10)16-8-15(14(20)21)9-17-12(19)6-13(17)23-15/h1-5,13H,6-9H2,(H,16,18)(H,20,21)/t13-,15?/m1/s1. The number of β-lactam (4-membered cyclic amide) rings is 1. The first-order valence-corrected chi connectivity index (χ1v) is 8.03. The molecule has 1 unspecified atom stereocenters. The molecule has 2 saturated heterocycles. The van der Waals surface area contributed by atoms with Crippen LogP contribution in [0.3, 0.4) is 0 Å². The lowest BCUT2D eigenvalue weighted by Gasteiger charge is -2.32. The number of rotatable bonds is 6. The molecule has 3 rings (SSSR count). The van der Waals surface area contributed by atoms with Crippen molar-refractivity contribution in [2.45, 2.75) is 16.5 Å². The number of carboxylic acids is 1. The molecule has 2 fully saturated rings. The molecule has 7 nitrogen and oxygen atoms in total. The van der Waals surface area contributed by atoms with Crippen LogP contribution in [0.25, 0.3) is 0 Å². The molecule has 122 valence electrons. The quantitative estimate of drug-likeness (QED) is 0.726. The molecule has 8 heteroatoms. The highest BCUT2D eigenvalue weighted by Gasteiger charge is 2.56.